The van der Waals surface area contributed by atoms with E-state index in [0.29, 0.717) is 30.0 Å². The number of anilines is 2. The van der Waals surface area contributed by atoms with Crippen LogP contribution < -0.4 is 25.6 Å². The highest BCUT2D eigenvalue weighted by atomic mass is 16.5. The van der Waals surface area contributed by atoms with Gasteiger partial charge in [-0.15, -0.1) is 0 Å². The van der Waals surface area contributed by atoms with Gasteiger partial charge in [-0.3, -0.25) is 24.6 Å². The van der Waals surface area contributed by atoms with Gasteiger partial charge < -0.3 is 15.4 Å². The van der Waals surface area contributed by atoms with Gasteiger partial charge in [0, 0.05) is 21.4 Å². The maximum Gasteiger partial charge on any atom is 0.322 e. The third kappa shape index (κ3) is 3.76. The van der Waals surface area contributed by atoms with Gasteiger partial charge in [0.05, 0.1) is 5.69 Å². The molecule has 1 aliphatic carbocycles. The summed E-state index contributed by atoms with van der Waals surface area (Å²) in [7, 11) is 0. The fourth-order valence-electron chi connectivity index (χ4n) is 4.72. The van der Waals surface area contributed by atoms with Gasteiger partial charge in [-0.25, -0.2) is 4.79 Å². The highest BCUT2D eigenvalue weighted by molar-refractivity contribution is 6.08. The van der Waals surface area contributed by atoms with E-state index in [4.69, 9.17) is 4.74 Å². The highest BCUT2D eigenvalue weighted by Gasteiger charge is 2.50. The molecule has 1 spiro atoms. The maximum absolute atomic E-state index is 12.9. The first kappa shape index (κ1) is 21.9. The minimum atomic E-state index is -0.962. The van der Waals surface area contributed by atoms with Gasteiger partial charge in [-0.1, -0.05) is 32.9 Å². The van der Waals surface area contributed by atoms with Gasteiger partial charge in [0.1, 0.15) is 17.8 Å². The van der Waals surface area contributed by atoms with Crippen molar-refractivity contribution in [3.05, 3.63) is 53.1 Å². The number of urea groups is 1. The standard InChI is InChI=1S/C25H26N4O5.2H2/c1-24(2,3)16-5-7-19-18(9-16)29(21(31)13-34-19)12-20(30)26-17-6-4-14-10-25(11-15(14)8-17)22(32)27-23(33)28-25;;/h4-9H,10-13H2,1-3H3,(H,26,30)(H2,27,28,32,33);2*1H. The van der Waals surface area contributed by atoms with Gasteiger partial charge in [0.15, 0.2) is 6.61 Å². The van der Waals surface area contributed by atoms with Gasteiger partial charge in [-0.05, 0) is 46.4 Å². The van der Waals surface area contributed by atoms with Crippen LogP contribution in [0.4, 0.5) is 16.2 Å². The smallest absolute Gasteiger partial charge is 0.322 e. The number of benzene rings is 2. The van der Waals surface area contributed by atoms with E-state index in [1.54, 1.807) is 6.07 Å². The maximum atomic E-state index is 12.9. The number of amides is 5. The summed E-state index contributed by atoms with van der Waals surface area (Å²) in [6.45, 7) is 5.97. The molecule has 5 amide bonds. The zero-order chi connectivity index (χ0) is 24.3. The molecule has 0 saturated carbocycles. The van der Waals surface area contributed by atoms with Crippen molar-refractivity contribution in [2.45, 2.75) is 44.6 Å². The quantitative estimate of drug-likeness (QED) is 0.601. The normalized spacial score (nSPS) is 21.0. The predicted molar refractivity (Wildman–Crippen MR) is 129 cm³/mol. The van der Waals surface area contributed by atoms with Crippen molar-refractivity contribution in [2.24, 2.45) is 0 Å². The van der Waals surface area contributed by atoms with Crippen molar-refractivity contribution in [1.82, 2.24) is 10.6 Å². The van der Waals surface area contributed by atoms with Crippen molar-refractivity contribution in [3.63, 3.8) is 0 Å². The van der Waals surface area contributed by atoms with E-state index < -0.39 is 11.6 Å². The molecule has 1 fully saturated rings. The molecule has 3 N–H and O–H groups in total. The largest absolute Gasteiger partial charge is 0.482 e. The number of hydrogen-bond acceptors (Lipinski definition) is 5. The van der Waals surface area contributed by atoms with Crippen LogP contribution in [-0.4, -0.2) is 42.4 Å². The van der Waals surface area contributed by atoms with Crippen LogP contribution in [0.5, 0.6) is 5.75 Å². The van der Waals surface area contributed by atoms with Crippen LogP contribution in [0.2, 0.25) is 0 Å². The van der Waals surface area contributed by atoms with E-state index in [1.165, 1.54) is 4.90 Å². The number of fused-ring (bicyclic) bond motifs is 2. The van der Waals surface area contributed by atoms with Crippen LogP contribution in [0, 0.1) is 0 Å². The molecule has 180 valence electrons. The molecular formula is C25H30N4O5. The van der Waals surface area contributed by atoms with E-state index in [0.717, 1.165) is 16.7 Å². The Kier molecular flexibility index (Phi) is 4.89. The summed E-state index contributed by atoms with van der Waals surface area (Å²) in [5.41, 5.74) is 2.93. The average molecular weight is 467 g/mol. The first-order valence-electron chi connectivity index (χ1n) is 11.2. The molecule has 2 aromatic rings. The minimum Gasteiger partial charge on any atom is -0.482 e. The monoisotopic (exact) mass is 466 g/mol. The fourth-order valence-corrected chi connectivity index (χ4v) is 4.72. The van der Waals surface area contributed by atoms with Crippen molar-refractivity contribution in [2.75, 3.05) is 23.4 Å². The lowest BCUT2D eigenvalue weighted by Crippen LogP contribution is -2.47. The molecule has 3 aliphatic rings. The Balaban J connectivity index is 0.00000180. The summed E-state index contributed by atoms with van der Waals surface area (Å²) >= 11 is 0. The first-order valence-corrected chi connectivity index (χ1v) is 11.2. The topological polar surface area (TPSA) is 117 Å². The van der Waals surface area contributed by atoms with Gasteiger partial charge in [-0.2, -0.15) is 0 Å². The van der Waals surface area contributed by atoms with Crippen molar-refractivity contribution >= 4 is 35.1 Å². The van der Waals surface area contributed by atoms with Gasteiger partial charge in [0.25, 0.3) is 11.8 Å². The fraction of sp³-hybridized carbons (Fsp3) is 0.360. The molecule has 9 nitrogen and oxygen atoms in total. The molecule has 0 bridgehead atoms. The molecule has 34 heavy (non-hydrogen) atoms. The zero-order valence-electron chi connectivity index (χ0n) is 19.3. The van der Waals surface area contributed by atoms with Gasteiger partial charge in [0.2, 0.25) is 5.91 Å². The summed E-state index contributed by atoms with van der Waals surface area (Å²) in [5, 5.41) is 7.88. The summed E-state index contributed by atoms with van der Waals surface area (Å²) in [4.78, 5) is 50.8. The third-order valence-electron chi connectivity index (χ3n) is 6.56. The van der Waals surface area contributed by atoms with E-state index >= 15 is 0 Å². The molecule has 9 heteroatoms. The zero-order valence-corrected chi connectivity index (χ0v) is 19.3. The van der Waals surface area contributed by atoms with E-state index in [-0.39, 0.29) is 39.1 Å². The molecule has 1 unspecified atom stereocenters. The lowest BCUT2D eigenvalue weighted by Gasteiger charge is -2.31. The van der Waals surface area contributed by atoms with Crippen molar-refractivity contribution in [1.29, 1.82) is 0 Å². The molecule has 5 rings (SSSR count). The number of imide groups is 1. The molecule has 2 aromatic carbocycles. The Morgan fingerprint density at radius 1 is 1.12 bits per heavy atom. The van der Waals surface area contributed by atoms with Crippen LogP contribution in [0.1, 0.15) is 40.3 Å². The van der Waals surface area contributed by atoms with Crippen molar-refractivity contribution < 1.29 is 26.8 Å². The molecule has 0 radical (unpaired) electrons. The summed E-state index contributed by atoms with van der Waals surface area (Å²) < 4.78 is 5.56. The Bertz CT molecular complexity index is 1260. The van der Waals surface area contributed by atoms with Crippen LogP contribution in [0.25, 0.3) is 0 Å². The van der Waals surface area contributed by atoms with E-state index in [2.05, 4.69) is 36.7 Å². The Hall–Kier alpha value is -3.88. The average Bonchev–Trinajstić information content (AvgIpc) is 3.26. The number of nitrogens with zero attached hydrogens (tertiary/aromatic N) is 1. The number of ether oxygens (including phenoxy) is 1. The van der Waals surface area contributed by atoms with Crippen molar-refractivity contribution in [3.8, 4) is 5.75 Å². The summed E-state index contributed by atoms with van der Waals surface area (Å²) in [5.74, 6) is -0.395. The Labute approximate surface area is 199 Å². The lowest BCUT2D eigenvalue weighted by molar-refractivity contribution is -0.124. The molecular weight excluding hydrogens is 436 g/mol. The number of carbonyl (C=O) groups is 4. The summed E-state index contributed by atoms with van der Waals surface area (Å²) in [6, 6.07) is 10.6. The van der Waals surface area contributed by atoms with E-state index in [1.807, 2.05) is 30.3 Å². The second kappa shape index (κ2) is 7.58. The second-order valence-electron chi connectivity index (χ2n) is 10.1. The number of carbonyl (C=O) groups excluding carboxylic acids is 4. The number of rotatable bonds is 3. The molecule has 2 aliphatic heterocycles. The Morgan fingerprint density at radius 2 is 1.88 bits per heavy atom. The number of hydrogen-bond donors (Lipinski definition) is 3. The van der Waals surface area contributed by atoms with Crippen LogP contribution in [0.3, 0.4) is 0 Å². The Morgan fingerprint density at radius 3 is 2.59 bits per heavy atom. The lowest BCUT2D eigenvalue weighted by atomic mass is 9.86. The molecule has 1 saturated heterocycles. The highest BCUT2D eigenvalue weighted by Crippen LogP contribution is 2.37. The van der Waals surface area contributed by atoms with Crippen LogP contribution in [0.15, 0.2) is 36.4 Å². The number of nitrogens with one attached hydrogen (secondary N) is 3. The summed E-state index contributed by atoms with van der Waals surface area (Å²) in [6.07, 6.45) is 0.762. The third-order valence-corrected chi connectivity index (χ3v) is 6.56. The molecule has 1 atom stereocenters. The first-order chi connectivity index (χ1) is 16.0. The molecule has 2 heterocycles. The van der Waals surface area contributed by atoms with Crippen LogP contribution >= 0.6 is 0 Å². The predicted octanol–water partition coefficient (Wildman–Crippen LogP) is 2.52. The minimum absolute atomic E-state index is 0. The van der Waals surface area contributed by atoms with Crippen LogP contribution in [-0.2, 0) is 32.6 Å². The van der Waals surface area contributed by atoms with Gasteiger partial charge >= 0.3 is 6.03 Å². The second-order valence-corrected chi connectivity index (χ2v) is 10.1. The van der Waals surface area contributed by atoms with E-state index in [9.17, 15) is 19.2 Å². The SMILES string of the molecule is CC(C)(C)c1ccc2c(c1)N(CC(=O)Nc1ccc3c(c1)CC1(C3)NC(=O)NC1=O)C(=O)CO2.[HH].[HH]. The molecule has 0 aromatic heterocycles.